The first kappa shape index (κ1) is 13.3. The van der Waals surface area contributed by atoms with Gasteiger partial charge in [0.1, 0.15) is 5.54 Å². The van der Waals surface area contributed by atoms with Crippen molar-refractivity contribution in [2.24, 2.45) is 5.92 Å². The summed E-state index contributed by atoms with van der Waals surface area (Å²) in [5.41, 5.74) is -1.16. The summed E-state index contributed by atoms with van der Waals surface area (Å²) >= 11 is 0. The van der Waals surface area contributed by atoms with Gasteiger partial charge in [-0.3, -0.25) is 4.79 Å². The van der Waals surface area contributed by atoms with Gasteiger partial charge in [-0.2, -0.15) is 13.2 Å². The molecular formula is C10H16F3NO2. The molecule has 16 heavy (non-hydrogen) atoms. The lowest BCUT2D eigenvalue weighted by atomic mass is 9.76. The van der Waals surface area contributed by atoms with Crippen molar-refractivity contribution in [1.82, 2.24) is 5.32 Å². The zero-order chi connectivity index (χ0) is 12.4. The molecule has 0 radical (unpaired) electrons. The molecule has 0 atom stereocenters. The molecule has 0 bridgehead atoms. The largest absolute Gasteiger partial charge is 0.480 e. The maximum absolute atomic E-state index is 12.4. The van der Waals surface area contributed by atoms with Crippen molar-refractivity contribution in [1.29, 1.82) is 0 Å². The van der Waals surface area contributed by atoms with Crippen molar-refractivity contribution in [2.75, 3.05) is 6.54 Å². The quantitative estimate of drug-likeness (QED) is 0.793. The molecule has 1 aliphatic rings. The SMILES string of the molecule is CCNC1(C(=O)O)CCC(C(F)(F)F)CC1. The molecule has 3 nitrogen and oxygen atoms in total. The number of hydrogen-bond donors (Lipinski definition) is 2. The molecule has 2 N–H and O–H groups in total. The molecule has 0 amide bonds. The van der Waals surface area contributed by atoms with Crippen LogP contribution in [0.2, 0.25) is 0 Å². The predicted molar refractivity (Wildman–Crippen MR) is 52.1 cm³/mol. The second kappa shape index (κ2) is 4.61. The van der Waals surface area contributed by atoms with Crippen LogP contribution in [-0.4, -0.2) is 29.3 Å². The maximum atomic E-state index is 12.4. The molecule has 0 aliphatic heterocycles. The Hall–Kier alpha value is -0.780. The number of carboxylic acids is 1. The van der Waals surface area contributed by atoms with E-state index >= 15 is 0 Å². The summed E-state index contributed by atoms with van der Waals surface area (Å²) in [6, 6.07) is 0. The zero-order valence-corrected chi connectivity index (χ0v) is 9.10. The fourth-order valence-electron chi connectivity index (χ4n) is 2.24. The summed E-state index contributed by atoms with van der Waals surface area (Å²) < 4.78 is 37.2. The molecule has 94 valence electrons. The van der Waals surface area contributed by atoms with E-state index in [0.29, 0.717) is 6.54 Å². The Balaban J connectivity index is 2.67. The van der Waals surface area contributed by atoms with Crippen molar-refractivity contribution in [3.05, 3.63) is 0 Å². The Morgan fingerprint density at radius 1 is 1.44 bits per heavy atom. The number of likely N-dealkylation sites (N-methyl/N-ethyl adjacent to an activating group) is 1. The van der Waals surface area contributed by atoms with Crippen LogP contribution in [0.1, 0.15) is 32.6 Å². The van der Waals surface area contributed by atoms with Gasteiger partial charge in [0.05, 0.1) is 5.92 Å². The molecule has 1 saturated carbocycles. The molecule has 1 fully saturated rings. The van der Waals surface area contributed by atoms with Gasteiger partial charge in [-0.05, 0) is 32.2 Å². The van der Waals surface area contributed by atoms with E-state index in [4.69, 9.17) is 5.11 Å². The van der Waals surface area contributed by atoms with Gasteiger partial charge in [-0.25, -0.2) is 0 Å². The highest BCUT2D eigenvalue weighted by atomic mass is 19.4. The monoisotopic (exact) mass is 239 g/mol. The lowest BCUT2D eigenvalue weighted by molar-refractivity contribution is -0.188. The number of carboxylic acid groups (broad SMARTS) is 1. The van der Waals surface area contributed by atoms with Gasteiger partial charge in [0, 0.05) is 0 Å². The number of halogens is 3. The lowest BCUT2D eigenvalue weighted by Crippen LogP contribution is -2.55. The van der Waals surface area contributed by atoms with Crippen molar-refractivity contribution in [3.8, 4) is 0 Å². The normalized spacial score (nSPS) is 31.4. The molecule has 0 saturated heterocycles. The molecule has 0 unspecified atom stereocenters. The smallest absolute Gasteiger partial charge is 0.391 e. The van der Waals surface area contributed by atoms with E-state index in [1.165, 1.54) is 0 Å². The Morgan fingerprint density at radius 3 is 2.25 bits per heavy atom. The lowest BCUT2D eigenvalue weighted by Gasteiger charge is -2.37. The van der Waals surface area contributed by atoms with Crippen molar-refractivity contribution < 1.29 is 23.1 Å². The van der Waals surface area contributed by atoms with Crippen molar-refractivity contribution in [3.63, 3.8) is 0 Å². The van der Waals surface area contributed by atoms with Crippen LogP contribution < -0.4 is 5.32 Å². The highest BCUT2D eigenvalue weighted by Gasteiger charge is 2.48. The minimum absolute atomic E-state index is 0.0420. The first-order valence-corrected chi connectivity index (χ1v) is 5.37. The fourth-order valence-corrected chi connectivity index (χ4v) is 2.24. The van der Waals surface area contributed by atoms with Gasteiger partial charge < -0.3 is 10.4 Å². The van der Waals surface area contributed by atoms with Gasteiger partial charge in [0.2, 0.25) is 0 Å². The van der Waals surface area contributed by atoms with Gasteiger partial charge in [0.25, 0.3) is 0 Å². The summed E-state index contributed by atoms with van der Waals surface area (Å²) in [7, 11) is 0. The second-order valence-electron chi connectivity index (χ2n) is 4.23. The average molecular weight is 239 g/mol. The van der Waals surface area contributed by atoms with E-state index in [1.54, 1.807) is 6.92 Å². The molecule has 0 heterocycles. The molecular weight excluding hydrogens is 223 g/mol. The topological polar surface area (TPSA) is 49.3 Å². The molecule has 1 rings (SSSR count). The van der Waals surface area contributed by atoms with Crippen molar-refractivity contribution >= 4 is 5.97 Å². The number of aliphatic carboxylic acids is 1. The summed E-state index contributed by atoms with van der Waals surface area (Å²) in [6.45, 7) is 2.20. The van der Waals surface area contributed by atoms with E-state index < -0.39 is 23.6 Å². The number of hydrogen-bond acceptors (Lipinski definition) is 2. The van der Waals surface area contributed by atoms with Gasteiger partial charge >= 0.3 is 12.1 Å². The summed E-state index contributed by atoms with van der Waals surface area (Å²) in [4.78, 5) is 11.1. The minimum atomic E-state index is -4.20. The zero-order valence-electron chi connectivity index (χ0n) is 9.10. The Bertz CT molecular complexity index is 257. The highest BCUT2D eigenvalue weighted by Crippen LogP contribution is 2.41. The second-order valence-corrected chi connectivity index (χ2v) is 4.23. The van der Waals surface area contributed by atoms with Crippen molar-refractivity contribution in [2.45, 2.75) is 44.3 Å². The first-order chi connectivity index (χ1) is 7.32. The Labute approximate surface area is 92.0 Å². The van der Waals surface area contributed by atoms with Crippen LogP contribution in [0.25, 0.3) is 0 Å². The standard InChI is InChI=1S/C10H16F3NO2/c1-2-14-9(8(15)16)5-3-7(4-6-9)10(11,12)13/h7,14H,2-6H2,1H3,(H,15,16). The van der Waals surface area contributed by atoms with Crippen LogP contribution in [0.5, 0.6) is 0 Å². The molecule has 1 aliphatic carbocycles. The average Bonchev–Trinajstić information content (AvgIpc) is 2.17. The fraction of sp³-hybridized carbons (Fsp3) is 0.900. The van der Waals surface area contributed by atoms with Crippen LogP contribution in [0, 0.1) is 5.92 Å². The number of carbonyl (C=O) groups is 1. The molecule has 6 heteroatoms. The Morgan fingerprint density at radius 2 is 1.94 bits per heavy atom. The minimum Gasteiger partial charge on any atom is -0.480 e. The number of alkyl halides is 3. The third-order valence-corrected chi connectivity index (χ3v) is 3.23. The Kier molecular flexibility index (Phi) is 3.83. The van der Waals surface area contributed by atoms with Gasteiger partial charge in [0.15, 0.2) is 0 Å². The summed E-state index contributed by atoms with van der Waals surface area (Å²) in [5, 5.41) is 11.9. The van der Waals surface area contributed by atoms with Gasteiger partial charge in [-0.1, -0.05) is 6.92 Å². The van der Waals surface area contributed by atoms with Crippen LogP contribution in [0.4, 0.5) is 13.2 Å². The third-order valence-electron chi connectivity index (χ3n) is 3.23. The highest BCUT2D eigenvalue weighted by molar-refractivity contribution is 5.78. The third kappa shape index (κ3) is 2.66. The first-order valence-electron chi connectivity index (χ1n) is 5.37. The van der Waals surface area contributed by atoms with Crippen LogP contribution >= 0.6 is 0 Å². The summed E-state index contributed by atoms with van der Waals surface area (Å²) in [6.07, 6.45) is -4.33. The van der Waals surface area contributed by atoms with E-state index in [2.05, 4.69) is 5.32 Å². The number of rotatable bonds is 3. The van der Waals surface area contributed by atoms with Crippen LogP contribution in [0.15, 0.2) is 0 Å². The van der Waals surface area contributed by atoms with Crippen LogP contribution in [0.3, 0.4) is 0 Å². The van der Waals surface area contributed by atoms with E-state index in [0.717, 1.165) is 0 Å². The molecule has 0 aromatic heterocycles. The van der Waals surface area contributed by atoms with Gasteiger partial charge in [-0.15, -0.1) is 0 Å². The van der Waals surface area contributed by atoms with E-state index in [1.807, 2.05) is 0 Å². The number of nitrogens with one attached hydrogen (secondary N) is 1. The maximum Gasteiger partial charge on any atom is 0.391 e. The molecule has 0 spiro atoms. The molecule has 0 aromatic rings. The van der Waals surface area contributed by atoms with E-state index in [9.17, 15) is 18.0 Å². The predicted octanol–water partition coefficient (Wildman–Crippen LogP) is 2.17. The van der Waals surface area contributed by atoms with E-state index in [-0.39, 0.29) is 25.7 Å². The summed E-state index contributed by atoms with van der Waals surface area (Å²) in [5.74, 6) is -2.39. The molecule has 0 aromatic carbocycles. The van der Waals surface area contributed by atoms with Crippen LogP contribution in [-0.2, 0) is 4.79 Å².